The van der Waals surface area contributed by atoms with E-state index in [2.05, 4.69) is 11.9 Å². The molecule has 0 heterocycles. The van der Waals surface area contributed by atoms with Crippen LogP contribution in [0.2, 0.25) is 0 Å². The second-order valence-electron chi connectivity index (χ2n) is 1.81. The van der Waals surface area contributed by atoms with Crippen molar-refractivity contribution < 1.29 is 15.1 Å². The molecule has 0 atom stereocenters. The summed E-state index contributed by atoms with van der Waals surface area (Å²) in [5.74, 6) is -0.879. The third-order valence-electron chi connectivity index (χ3n) is 1.02. The van der Waals surface area contributed by atoms with Gasteiger partial charge in [0.15, 0.2) is 0 Å². The van der Waals surface area contributed by atoms with Crippen LogP contribution in [0.4, 0.5) is 0 Å². The summed E-state index contributed by atoms with van der Waals surface area (Å²) in [5, 5.41) is 17.7. The van der Waals surface area contributed by atoms with Gasteiger partial charge in [-0.25, -0.2) is 4.79 Å². The fourth-order valence-corrected chi connectivity index (χ4v) is 0.581. The topological polar surface area (TPSA) is 69.9 Å². The maximum Gasteiger partial charge on any atom is 0.335 e. The van der Waals surface area contributed by atoms with E-state index in [1.807, 2.05) is 0 Å². The van der Waals surface area contributed by atoms with Crippen LogP contribution >= 0.6 is 0 Å². The van der Waals surface area contributed by atoms with Gasteiger partial charge in [0, 0.05) is 6.72 Å². The number of benzene rings is 1. The Bertz CT molecular complexity index is 246. The zero-order chi connectivity index (χ0) is 9.40. The summed E-state index contributed by atoms with van der Waals surface area (Å²) in [7, 11) is 0. The quantitative estimate of drug-likeness (QED) is 0.378. The summed E-state index contributed by atoms with van der Waals surface area (Å²) >= 11 is 0. The Morgan fingerprint density at radius 3 is 2.00 bits per heavy atom. The van der Waals surface area contributed by atoms with Gasteiger partial charge in [0.25, 0.3) is 0 Å². The first kappa shape index (κ1) is 10.2. The molecule has 0 saturated heterocycles. The summed E-state index contributed by atoms with van der Waals surface area (Å²) in [6, 6.07) is 8.30. The Labute approximate surface area is 69.8 Å². The largest absolute Gasteiger partial charge is 0.478 e. The normalized spacial score (nSPS) is 7.67. The van der Waals surface area contributed by atoms with Gasteiger partial charge in [-0.15, -0.1) is 5.16 Å². The van der Waals surface area contributed by atoms with E-state index in [-0.39, 0.29) is 0 Å². The van der Waals surface area contributed by atoms with Crippen LogP contribution in [0, 0.1) is 0 Å². The number of carbonyl (C=O) groups is 1. The third kappa shape index (κ3) is 4.05. The Balaban J connectivity index is 0.000000354. The van der Waals surface area contributed by atoms with Gasteiger partial charge in [-0.1, -0.05) is 18.2 Å². The highest BCUT2D eigenvalue weighted by atomic mass is 16.4. The number of rotatable bonds is 1. The summed E-state index contributed by atoms with van der Waals surface area (Å²) in [6.45, 7) is 2.67. The van der Waals surface area contributed by atoms with Crippen LogP contribution in [-0.2, 0) is 0 Å². The number of carboxylic acid groups (broad SMARTS) is 1. The van der Waals surface area contributed by atoms with E-state index < -0.39 is 5.97 Å². The summed E-state index contributed by atoms with van der Waals surface area (Å²) < 4.78 is 0. The van der Waals surface area contributed by atoms with Gasteiger partial charge in [-0.05, 0) is 12.1 Å². The molecule has 4 heteroatoms. The van der Waals surface area contributed by atoms with Gasteiger partial charge < -0.3 is 10.3 Å². The summed E-state index contributed by atoms with van der Waals surface area (Å²) in [6.07, 6.45) is 0. The standard InChI is InChI=1S/C7H6O2.CH3NO/c8-7(9)6-4-2-1-3-5-6;1-2-3/h1-5H,(H,8,9);3H,1H2. The first-order valence-corrected chi connectivity index (χ1v) is 3.10. The van der Waals surface area contributed by atoms with Crippen molar-refractivity contribution in [3.63, 3.8) is 0 Å². The van der Waals surface area contributed by atoms with E-state index >= 15 is 0 Å². The van der Waals surface area contributed by atoms with Crippen LogP contribution in [0.3, 0.4) is 0 Å². The lowest BCUT2D eigenvalue weighted by Crippen LogP contribution is -1.93. The molecule has 4 nitrogen and oxygen atoms in total. The SMILES string of the molecule is C=NO.O=C(O)c1ccccc1. The molecule has 0 aromatic heterocycles. The van der Waals surface area contributed by atoms with Crippen LogP contribution in [-0.4, -0.2) is 23.0 Å². The molecule has 1 aromatic rings. The first-order chi connectivity index (χ1) is 5.72. The minimum atomic E-state index is -0.879. The molecule has 0 saturated carbocycles. The number of nitrogens with zero attached hydrogens (tertiary/aromatic N) is 1. The van der Waals surface area contributed by atoms with E-state index in [1.165, 1.54) is 0 Å². The predicted molar refractivity (Wildman–Crippen MR) is 44.7 cm³/mol. The Morgan fingerprint density at radius 2 is 1.75 bits per heavy atom. The lowest BCUT2D eigenvalue weighted by molar-refractivity contribution is 0.0697. The molecule has 12 heavy (non-hydrogen) atoms. The monoisotopic (exact) mass is 167 g/mol. The molecular formula is C8H9NO3. The highest BCUT2D eigenvalue weighted by Gasteiger charge is 1.96. The summed E-state index contributed by atoms with van der Waals surface area (Å²) in [4.78, 5) is 10.2. The number of hydrogen-bond donors (Lipinski definition) is 2. The number of aromatic carboxylic acids is 1. The van der Waals surface area contributed by atoms with E-state index in [9.17, 15) is 4.79 Å². The third-order valence-corrected chi connectivity index (χ3v) is 1.02. The van der Waals surface area contributed by atoms with Crippen LogP contribution in [0.5, 0.6) is 0 Å². The molecule has 0 aliphatic carbocycles. The number of carboxylic acids is 1. The minimum absolute atomic E-state index is 0.331. The lowest BCUT2D eigenvalue weighted by Gasteiger charge is -1.88. The molecule has 0 aliphatic rings. The molecule has 2 N–H and O–H groups in total. The molecule has 0 amide bonds. The second-order valence-corrected chi connectivity index (χ2v) is 1.81. The van der Waals surface area contributed by atoms with Crippen LogP contribution in [0.25, 0.3) is 0 Å². The molecule has 0 unspecified atom stereocenters. The Kier molecular flexibility index (Phi) is 5.00. The molecule has 0 aliphatic heterocycles. The van der Waals surface area contributed by atoms with Gasteiger partial charge in [0.2, 0.25) is 0 Å². The van der Waals surface area contributed by atoms with Gasteiger partial charge in [-0.3, -0.25) is 0 Å². The zero-order valence-corrected chi connectivity index (χ0v) is 6.34. The van der Waals surface area contributed by atoms with E-state index in [0.717, 1.165) is 0 Å². The molecule has 0 spiro atoms. The second kappa shape index (κ2) is 5.91. The smallest absolute Gasteiger partial charge is 0.335 e. The fraction of sp³-hybridized carbons (Fsp3) is 0. The Hall–Kier alpha value is -1.84. The van der Waals surface area contributed by atoms with E-state index in [0.29, 0.717) is 5.56 Å². The van der Waals surface area contributed by atoms with Crippen LogP contribution in [0.1, 0.15) is 10.4 Å². The van der Waals surface area contributed by atoms with Gasteiger partial charge in [-0.2, -0.15) is 0 Å². The van der Waals surface area contributed by atoms with Crippen molar-refractivity contribution in [3.05, 3.63) is 35.9 Å². The number of oxime groups is 1. The maximum absolute atomic E-state index is 10.2. The van der Waals surface area contributed by atoms with Gasteiger partial charge in [0.1, 0.15) is 0 Å². The van der Waals surface area contributed by atoms with Crippen LogP contribution in [0.15, 0.2) is 35.5 Å². The molecular weight excluding hydrogens is 158 g/mol. The minimum Gasteiger partial charge on any atom is -0.478 e. The van der Waals surface area contributed by atoms with Crippen molar-refractivity contribution in [2.45, 2.75) is 0 Å². The van der Waals surface area contributed by atoms with E-state index in [4.69, 9.17) is 10.3 Å². The van der Waals surface area contributed by atoms with Crippen LogP contribution < -0.4 is 0 Å². The predicted octanol–water partition coefficient (Wildman–Crippen LogP) is 1.46. The van der Waals surface area contributed by atoms with Crippen molar-refractivity contribution in [1.82, 2.24) is 0 Å². The fourth-order valence-electron chi connectivity index (χ4n) is 0.581. The molecule has 1 aromatic carbocycles. The van der Waals surface area contributed by atoms with Crippen molar-refractivity contribution in [2.75, 3.05) is 0 Å². The van der Waals surface area contributed by atoms with Crippen molar-refractivity contribution in [2.24, 2.45) is 5.16 Å². The molecule has 0 radical (unpaired) electrons. The Morgan fingerprint density at radius 1 is 1.33 bits per heavy atom. The average Bonchev–Trinajstić information content (AvgIpc) is 2.07. The summed E-state index contributed by atoms with van der Waals surface area (Å²) in [5.41, 5.74) is 0.331. The zero-order valence-electron chi connectivity index (χ0n) is 6.34. The number of hydrogen-bond acceptors (Lipinski definition) is 3. The van der Waals surface area contributed by atoms with E-state index in [1.54, 1.807) is 30.3 Å². The highest BCUT2D eigenvalue weighted by molar-refractivity contribution is 5.87. The van der Waals surface area contributed by atoms with Gasteiger partial charge >= 0.3 is 5.97 Å². The maximum atomic E-state index is 10.2. The average molecular weight is 167 g/mol. The molecule has 0 fully saturated rings. The molecule has 0 bridgehead atoms. The lowest BCUT2D eigenvalue weighted by atomic mass is 10.2. The molecule has 1 rings (SSSR count). The van der Waals surface area contributed by atoms with Gasteiger partial charge in [0.05, 0.1) is 5.56 Å². The van der Waals surface area contributed by atoms with Crippen molar-refractivity contribution in [1.29, 1.82) is 0 Å². The van der Waals surface area contributed by atoms with Crippen molar-refractivity contribution >= 4 is 12.7 Å². The first-order valence-electron chi connectivity index (χ1n) is 3.10. The van der Waals surface area contributed by atoms with Crippen molar-refractivity contribution in [3.8, 4) is 0 Å². The molecule has 64 valence electrons. The highest BCUT2D eigenvalue weighted by Crippen LogP contribution is 1.96.